The number of benzene rings is 6. The molecule has 2 aliphatic rings. The smallest absolute Gasteiger partial charge is 0.178 e. The maximum absolute atomic E-state index is 4.78. The average Bonchev–Trinajstić information content (AvgIpc) is 3.32. The van der Waals surface area contributed by atoms with Crippen LogP contribution in [0.25, 0.3) is 44.7 Å². The van der Waals surface area contributed by atoms with E-state index in [0.29, 0.717) is 5.65 Å². The molecule has 2 aliphatic heterocycles. The molecule has 0 aliphatic carbocycles. The van der Waals surface area contributed by atoms with E-state index in [4.69, 9.17) is 4.98 Å². The van der Waals surface area contributed by atoms with E-state index in [-0.39, 0.29) is 0 Å². The molecule has 6 heterocycles. The Morgan fingerprint density at radius 1 is 0.333 bits per heavy atom. The summed E-state index contributed by atoms with van der Waals surface area (Å²) in [5.41, 5.74) is 14.3. The molecule has 0 saturated heterocycles. The van der Waals surface area contributed by atoms with Crippen molar-refractivity contribution in [2.45, 2.75) is 19.6 Å². The zero-order chi connectivity index (χ0) is 39.8. The van der Waals surface area contributed by atoms with Crippen LogP contribution >= 0.6 is 23.5 Å². The number of nitrogens with zero attached hydrogens (tertiary/aromatic N) is 7. The van der Waals surface area contributed by atoms with Gasteiger partial charge in [0.2, 0.25) is 0 Å². The molecule has 7 nitrogen and oxygen atoms in total. The van der Waals surface area contributed by atoms with Crippen molar-refractivity contribution in [3.05, 3.63) is 201 Å². The first-order chi connectivity index (χ1) is 29.7. The Hall–Kier alpha value is -7.33. The van der Waals surface area contributed by atoms with Gasteiger partial charge in [0.1, 0.15) is 5.52 Å². The second kappa shape index (κ2) is 15.4. The fourth-order valence-electron chi connectivity index (χ4n) is 7.63. The molecule has 60 heavy (non-hydrogen) atoms. The summed E-state index contributed by atoms with van der Waals surface area (Å²) in [5, 5.41) is 0. The molecular formula is C51H33N7S2. The van der Waals surface area contributed by atoms with Gasteiger partial charge >= 0.3 is 0 Å². The number of para-hydroxylation sites is 4. The van der Waals surface area contributed by atoms with Crippen molar-refractivity contribution < 1.29 is 0 Å². The monoisotopic (exact) mass is 807 g/mol. The van der Waals surface area contributed by atoms with Crippen molar-refractivity contribution in [3.63, 3.8) is 0 Å². The Kier molecular flexibility index (Phi) is 9.22. The first-order valence-corrected chi connectivity index (χ1v) is 21.2. The standard InChI is InChI=1S/C26H17N3S.C25H16N4S/c1-3-9-25-23(7-1)29(24-8-2-4-10-26(24)30-25)19-13-11-18(12-14-19)20-15-16-21-22(28-20)6-5-17-27-21;1-3-9-23-21(7-1)29(22-8-2-4-10-24(22)30-23)18-13-11-17(12-14-18)20-16-27-19-6-5-15-26-25(19)28-20/h1-17H;1-16H. The Bertz CT molecular complexity index is 2890. The zero-order valence-electron chi connectivity index (χ0n) is 32.0. The number of rotatable bonds is 4. The van der Waals surface area contributed by atoms with Crippen molar-refractivity contribution in [3.8, 4) is 22.5 Å². The van der Waals surface area contributed by atoms with Crippen LogP contribution in [0, 0.1) is 0 Å². The van der Waals surface area contributed by atoms with E-state index in [9.17, 15) is 0 Å². The van der Waals surface area contributed by atoms with E-state index in [1.54, 1.807) is 18.6 Å². The molecule has 0 radical (unpaired) electrons. The van der Waals surface area contributed by atoms with Gasteiger partial charge in [0, 0.05) is 54.5 Å². The minimum Gasteiger partial charge on any atom is -0.308 e. The number of hydrogen-bond acceptors (Lipinski definition) is 9. The van der Waals surface area contributed by atoms with Gasteiger partial charge in [-0.2, -0.15) is 0 Å². The molecular weight excluding hydrogens is 775 g/mol. The molecule has 6 aromatic carbocycles. The Labute approximate surface area is 355 Å². The summed E-state index contributed by atoms with van der Waals surface area (Å²) in [4.78, 5) is 32.3. The van der Waals surface area contributed by atoms with Crippen LogP contribution in [0.2, 0.25) is 0 Å². The van der Waals surface area contributed by atoms with E-state index < -0.39 is 0 Å². The lowest BCUT2D eigenvalue weighted by Gasteiger charge is -2.32. The van der Waals surface area contributed by atoms with Gasteiger partial charge in [0.25, 0.3) is 0 Å². The van der Waals surface area contributed by atoms with Gasteiger partial charge in [-0.3, -0.25) is 9.97 Å². The molecule has 0 saturated carbocycles. The van der Waals surface area contributed by atoms with Crippen molar-refractivity contribution in [1.82, 2.24) is 24.9 Å². The third-order valence-corrected chi connectivity index (χ3v) is 12.7. The summed E-state index contributed by atoms with van der Waals surface area (Å²) in [6.45, 7) is 0. The largest absolute Gasteiger partial charge is 0.308 e. The van der Waals surface area contributed by atoms with Crippen LogP contribution in [0.4, 0.5) is 34.1 Å². The van der Waals surface area contributed by atoms with Gasteiger partial charge in [-0.15, -0.1) is 0 Å². The lowest BCUT2D eigenvalue weighted by atomic mass is 10.1. The van der Waals surface area contributed by atoms with Crippen LogP contribution in [0.3, 0.4) is 0 Å². The van der Waals surface area contributed by atoms with E-state index in [2.05, 4.69) is 175 Å². The summed E-state index contributed by atoms with van der Waals surface area (Å²) in [6.07, 6.45) is 5.35. The summed E-state index contributed by atoms with van der Waals surface area (Å²) in [7, 11) is 0. The summed E-state index contributed by atoms with van der Waals surface area (Å²) in [6, 6.07) is 63.1. The molecule has 0 amide bonds. The lowest BCUT2D eigenvalue weighted by molar-refractivity contribution is 1.16. The van der Waals surface area contributed by atoms with E-state index in [1.807, 2.05) is 59.9 Å². The SMILES string of the molecule is c1ccc2c(c1)Sc1ccccc1N2c1ccc(-c2ccc3ncccc3n2)cc1.c1ccc2c(c1)Sc1ccccc1N2c1ccc(-c2cnc3cccnc3n2)cc1. The predicted molar refractivity (Wildman–Crippen MR) is 245 cm³/mol. The van der Waals surface area contributed by atoms with Crippen LogP contribution in [0.5, 0.6) is 0 Å². The van der Waals surface area contributed by atoms with E-state index in [0.717, 1.165) is 50.4 Å². The normalized spacial score (nSPS) is 12.5. The predicted octanol–water partition coefficient (Wildman–Crippen LogP) is 13.9. The Morgan fingerprint density at radius 3 is 1.33 bits per heavy atom. The fraction of sp³-hybridized carbons (Fsp3) is 0. The number of pyridine rings is 3. The van der Waals surface area contributed by atoms with Gasteiger partial charge in [-0.25, -0.2) is 15.0 Å². The third-order valence-electron chi connectivity index (χ3n) is 10.5. The van der Waals surface area contributed by atoms with Gasteiger partial charge in [0.15, 0.2) is 5.65 Å². The fourth-order valence-corrected chi connectivity index (χ4v) is 9.75. The quantitative estimate of drug-likeness (QED) is 0.173. The summed E-state index contributed by atoms with van der Waals surface area (Å²) in [5.74, 6) is 0. The topological polar surface area (TPSA) is 70.9 Å². The molecule has 9 heteroatoms. The van der Waals surface area contributed by atoms with Crippen LogP contribution < -0.4 is 9.80 Å². The average molecular weight is 808 g/mol. The Balaban J connectivity index is 0.000000136. The molecule has 284 valence electrons. The van der Waals surface area contributed by atoms with E-state index in [1.165, 1.54) is 42.3 Å². The highest BCUT2D eigenvalue weighted by Crippen LogP contribution is 2.52. The van der Waals surface area contributed by atoms with Gasteiger partial charge in [-0.1, -0.05) is 96.3 Å². The maximum atomic E-state index is 4.78. The van der Waals surface area contributed by atoms with Crippen molar-refractivity contribution in [2.24, 2.45) is 0 Å². The summed E-state index contributed by atoms with van der Waals surface area (Å²) >= 11 is 3.64. The highest BCUT2D eigenvalue weighted by atomic mass is 32.2. The molecule has 0 atom stereocenters. The first kappa shape index (κ1) is 35.8. The third kappa shape index (κ3) is 6.69. The van der Waals surface area contributed by atoms with Gasteiger partial charge in [0.05, 0.1) is 51.4 Å². The lowest BCUT2D eigenvalue weighted by Crippen LogP contribution is -2.14. The van der Waals surface area contributed by atoms with Crippen molar-refractivity contribution in [1.29, 1.82) is 0 Å². The van der Waals surface area contributed by atoms with Crippen LogP contribution in [0.1, 0.15) is 0 Å². The second-order valence-electron chi connectivity index (χ2n) is 14.2. The van der Waals surface area contributed by atoms with Crippen LogP contribution in [0.15, 0.2) is 220 Å². The molecule has 0 bridgehead atoms. The van der Waals surface area contributed by atoms with Crippen LogP contribution in [-0.4, -0.2) is 24.9 Å². The zero-order valence-corrected chi connectivity index (χ0v) is 33.6. The summed E-state index contributed by atoms with van der Waals surface area (Å²) < 4.78 is 0. The minimum atomic E-state index is 0.662. The number of aromatic nitrogens is 5. The van der Waals surface area contributed by atoms with Crippen molar-refractivity contribution in [2.75, 3.05) is 9.80 Å². The number of fused-ring (bicyclic) bond motifs is 6. The Morgan fingerprint density at radius 2 is 0.800 bits per heavy atom. The highest BCUT2D eigenvalue weighted by Gasteiger charge is 2.25. The molecule has 10 aromatic rings. The second-order valence-corrected chi connectivity index (χ2v) is 16.3. The number of hydrogen-bond donors (Lipinski definition) is 0. The number of anilines is 6. The molecule has 0 spiro atoms. The van der Waals surface area contributed by atoms with Crippen molar-refractivity contribution >= 4 is 79.8 Å². The van der Waals surface area contributed by atoms with Gasteiger partial charge in [-0.05, 0) is 109 Å². The molecule has 12 rings (SSSR count). The van der Waals surface area contributed by atoms with E-state index >= 15 is 0 Å². The highest BCUT2D eigenvalue weighted by molar-refractivity contribution is 8.00. The van der Waals surface area contributed by atoms with Crippen LogP contribution in [-0.2, 0) is 0 Å². The minimum absolute atomic E-state index is 0.662. The maximum Gasteiger partial charge on any atom is 0.178 e. The van der Waals surface area contributed by atoms with Gasteiger partial charge < -0.3 is 9.80 Å². The first-order valence-electron chi connectivity index (χ1n) is 19.6. The molecule has 4 aromatic heterocycles. The molecule has 0 unspecified atom stereocenters. The molecule has 0 fully saturated rings. The molecule has 0 N–H and O–H groups in total.